The number of hydrogen-bond donors (Lipinski definition) is 0. The number of hydrogen-bond acceptors (Lipinski definition) is 5. The van der Waals surface area contributed by atoms with Crippen LogP contribution in [0.15, 0.2) is 27.0 Å². The van der Waals surface area contributed by atoms with Gasteiger partial charge in [0, 0.05) is 23.6 Å². The van der Waals surface area contributed by atoms with Gasteiger partial charge in [-0.2, -0.15) is 0 Å². The summed E-state index contributed by atoms with van der Waals surface area (Å²) in [6.07, 6.45) is 4.15. The van der Waals surface area contributed by atoms with Gasteiger partial charge in [0.05, 0.1) is 0 Å². The van der Waals surface area contributed by atoms with Gasteiger partial charge in [0.1, 0.15) is 16.0 Å². The molecule has 0 unspecified atom stereocenters. The van der Waals surface area contributed by atoms with Crippen molar-refractivity contribution in [3.05, 3.63) is 28.6 Å². The van der Waals surface area contributed by atoms with Gasteiger partial charge < -0.3 is 0 Å². The molecule has 1 saturated carbocycles. The molecule has 3 rings (SSSR count). The van der Waals surface area contributed by atoms with Crippen molar-refractivity contribution < 1.29 is 0 Å². The zero-order valence-corrected chi connectivity index (χ0v) is 10.6. The molecule has 2 heterocycles. The van der Waals surface area contributed by atoms with Gasteiger partial charge in [0.2, 0.25) is 0 Å². The third kappa shape index (κ3) is 2.36. The Kier molecular flexibility index (Phi) is 2.83. The lowest BCUT2D eigenvalue weighted by atomic mass is 10.4. The van der Waals surface area contributed by atoms with Gasteiger partial charge in [-0.3, -0.25) is 0 Å². The van der Waals surface area contributed by atoms with Crippen LogP contribution in [-0.4, -0.2) is 15.0 Å². The minimum atomic E-state index is 0.523. The number of nitrogens with zero attached hydrogens (tertiary/aromatic N) is 3. The number of halogens is 1. The van der Waals surface area contributed by atoms with E-state index in [-0.39, 0.29) is 0 Å². The van der Waals surface area contributed by atoms with E-state index in [9.17, 15) is 0 Å². The molecule has 1 aliphatic rings. The Morgan fingerprint density at radius 2 is 2.25 bits per heavy atom. The van der Waals surface area contributed by atoms with Gasteiger partial charge in [-0.1, -0.05) is 11.6 Å². The SMILES string of the molecule is Clc1cc(Sc2nccs2)nc(C2CC2)n1. The lowest BCUT2D eigenvalue weighted by molar-refractivity contribution is 0.878. The molecule has 6 heteroatoms. The molecule has 0 bridgehead atoms. The first-order valence-electron chi connectivity index (χ1n) is 4.93. The van der Waals surface area contributed by atoms with Gasteiger partial charge in [-0.15, -0.1) is 11.3 Å². The molecule has 0 atom stereocenters. The predicted octanol–water partition coefficient (Wildman–Crippen LogP) is 3.62. The molecule has 0 aromatic carbocycles. The fourth-order valence-electron chi connectivity index (χ4n) is 1.34. The molecular weight excluding hydrogens is 262 g/mol. The normalized spacial score (nSPS) is 15.3. The van der Waals surface area contributed by atoms with Crippen LogP contribution in [0, 0.1) is 0 Å². The molecule has 0 spiro atoms. The summed E-state index contributed by atoms with van der Waals surface area (Å²) in [4.78, 5) is 13.0. The Morgan fingerprint density at radius 1 is 1.38 bits per heavy atom. The molecule has 2 aromatic heterocycles. The molecule has 0 saturated heterocycles. The van der Waals surface area contributed by atoms with Crippen molar-refractivity contribution in [3.8, 4) is 0 Å². The molecule has 0 radical (unpaired) electrons. The summed E-state index contributed by atoms with van der Waals surface area (Å²) in [7, 11) is 0. The highest BCUT2D eigenvalue weighted by Gasteiger charge is 2.27. The zero-order valence-electron chi connectivity index (χ0n) is 8.26. The van der Waals surface area contributed by atoms with Crippen molar-refractivity contribution in [2.75, 3.05) is 0 Å². The van der Waals surface area contributed by atoms with Crippen LogP contribution in [-0.2, 0) is 0 Å². The summed E-state index contributed by atoms with van der Waals surface area (Å²) in [6.45, 7) is 0. The average Bonchev–Trinajstić information content (AvgIpc) is 2.98. The Bertz CT molecular complexity index is 497. The van der Waals surface area contributed by atoms with E-state index >= 15 is 0 Å². The smallest absolute Gasteiger partial charge is 0.156 e. The molecule has 0 N–H and O–H groups in total. The zero-order chi connectivity index (χ0) is 11.0. The van der Waals surface area contributed by atoms with Gasteiger partial charge in [0.25, 0.3) is 0 Å². The maximum atomic E-state index is 5.98. The minimum Gasteiger partial charge on any atom is -0.238 e. The summed E-state index contributed by atoms with van der Waals surface area (Å²) in [6, 6.07) is 1.79. The number of thiazole rings is 1. The Labute approximate surface area is 106 Å². The fraction of sp³-hybridized carbons (Fsp3) is 0.300. The van der Waals surface area contributed by atoms with Crippen LogP contribution in [0.2, 0.25) is 5.15 Å². The van der Waals surface area contributed by atoms with Crippen LogP contribution in [0.1, 0.15) is 24.6 Å². The minimum absolute atomic E-state index is 0.523. The van der Waals surface area contributed by atoms with E-state index in [4.69, 9.17) is 11.6 Å². The maximum Gasteiger partial charge on any atom is 0.156 e. The predicted molar refractivity (Wildman–Crippen MR) is 65.3 cm³/mol. The highest BCUT2D eigenvalue weighted by atomic mass is 35.5. The van der Waals surface area contributed by atoms with Crippen molar-refractivity contribution >= 4 is 34.7 Å². The lowest BCUT2D eigenvalue weighted by Gasteiger charge is -2.01. The first-order valence-corrected chi connectivity index (χ1v) is 7.00. The Balaban J connectivity index is 1.88. The Morgan fingerprint density at radius 3 is 2.94 bits per heavy atom. The van der Waals surface area contributed by atoms with Crippen LogP contribution >= 0.6 is 34.7 Å². The number of rotatable bonds is 3. The first kappa shape index (κ1) is 10.5. The van der Waals surface area contributed by atoms with Crippen molar-refractivity contribution in [1.82, 2.24) is 15.0 Å². The highest BCUT2D eigenvalue weighted by Crippen LogP contribution is 2.39. The molecule has 1 fully saturated rings. The standard InChI is InChI=1S/C10H8ClN3S2/c11-7-5-8(16-10-12-3-4-15-10)14-9(13-7)6-1-2-6/h3-6H,1-2H2. The summed E-state index contributed by atoms with van der Waals surface area (Å²) in [5, 5.41) is 3.36. The first-order chi connectivity index (χ1) is 7.81. The van der Waals surface area contributed by atoms with Crippen molar-refractivity contribution in [2.45, 2.75) is 28.1 Å². The second-order valence-electron chi connectivity index (χ2n) is 3.56. The van der Waals surface area contributed by atoms with Crippen LogP contribution < -0.4 is 0 Å². The maximum absolute atomic E-state index is 5.98. The molecule has 16 heavy (non-hydrogen) atoms. The topological polar surface area (TPSA) is 38.7 Å². The molecule has 0 aliphatic heterocycles. The number of aromatic nitrogens is 3. The van der Waals surface area contributed by atoms with E-state index in [0.717, 1.165) is 15.2 Å². The Hall–Kier alpha value is -0.650. The van der Waals surface area contributed by atoms with E-state index in [0.29, 0.717) is 11.1 Å². The molecular formula is C10H8ClN3S2. The van der Waals surface area contributed by atoms with Crippen molar-refractivity contribution in [1.29, 1.82) is 0 Å². The highest BCUT2D eigenvalue weighted by molar-refractivity contribution is 8.01. The third-order valence-corrected chi connectivity index (χ3v) is 4.23. The monoisotopic (exact) mass is 269 g/mol. The van der Waals surface area contributed by atoms with E-state index in [1.807, 2.05) is 5.38 Å². The molecule has 2 aromatic rings. The summed E-state index contributed by atoms with van der Waals surface area (Å²) in [5.41, 5.74) is 0. The lowest BCUT2D eigenvalue weighted by Crippen LogP contribution is -1.94. The molecule has 3 nitrogen and oxygen atoms in total. The van der Waals surface area contributed by atoms with Crippen LogP contribution in [0.4, 0.5) is 0 Å². The van der Waals surface area contributed by atoms with Gasteiger partial charge in [-0.25, -0.2) is 15.0 Å². The van der Waals surface area contributed by atoms with Crippen LogP contribution in [0.5, 0.6) is 0 Å². The van der Waals surface area contributed by atoms with E-state index in [1.165, 1.54) is 24.6 Å². The second-order valence-corrected chi connectivity index (χ2v) is 6.11. The van der Waals surface area contributed by atoms with E-state index in [2.05, 4.69) is 15.0 Å². The molecule has 0 amide bonds. The van der Waals surface area contributed by atoms with Crippen LogP contribution in [0.3, 0.4) is 0 Å². The summed E-state index contributed by atoms with van der Waals surface area (Å²) < 4.78 is 0.983. The van der Waals surface area contributed by atoms with Gasteiger partial charge in [-0.05, 0) is 24.6 Å². The van der Waals surface area contributed by atoms with Crippen molar-refractivity contribution in [2.24, 2.45) is 0 Å². The van der Waals surface area contributed by atoms with E-state index in [1.54, 1.807) is 23.6 Å². The molecule has 1 aliphatic carbocycles. The average molecular weight is 270 g/mol. The van der Waals surface area contributed by atoms with Gasteiger partial charge >= 0.3 is 0 Å². The largest absolute Gasteiger partial charge is 0.238 e. The van der Waals surface area contributed by atoms with Gasteiger partial charge in [0.15, 0.2) is 4.34 Å². The third-order valence-electron chi connectivity index (χ3n) is 2.23. The fourth-order valence-corrected chi connectivity index (χ4v) is 3.17. The van der Waals surface area contributed by atoms with E-state index < -0.39 is 0 Å². The van der Waals surface area contributed by atoms with Crippen LogP contribution in [0.25, 0.3) is 0 Å². The van der Waals surface area contributed by atoms with Crippen molar-refractivity contribution in [3.63, 3.8) is 0 Å². The second kappa shape index (κ2) is 4.31. The summed E-state index contributed by atoms with van der Waals surface area (Å²) >= 11 is 9.12. The molecule has 82 valence electrons. The summed E-state index contributed by atoms with van der Waals surface area (Å²) in [5.74, 6) is 1.40. The quantitative estimate of drug-likeness (QED) is 0.798.